The molecule has 3 rings (SSSR count). The summed E-state index contributed by atoms with van der Waals surface area (Å²) in [7, 11) is 3.25. The second-order valence-electron chi connectivity index (χ2n) is 9.43. The summed E-state index contributed by atoms with van der Waals surface area (Å²) < 4.78 is 17.4. The topological polar surface area (TPSA) is 77.0 Å². The van der Waals surface area contributed by atoms with Crippen LogP contribution in [0.4, 0.5) is 0 Å². The van der Waals surface area contributed by atoms with Crippen LogP contribution in [0.2, 0.25) is 0 Å². The van der Waals surface area contributed by atoms with Gasteiger partial charge in [0.25, 0.3) is 0 Å². The number of amides is 1. The fraction of sp³-hybridized carbons (Fsp3) is 0.345. The van der Waals surface area contributed by atoms with Crippen molar-refractivity contribution in [2.75, 3.05) is 27.4 Å². The predicted molar refractivity (Wildman–Crippen MR) is 137 cm³/mol. The van der Waals surface area contributed by atoms with Gasteiger partial charge in [0.2, 0.25) is 5.91 Å². The zero-order chi connectivity index (χ0) is 25.5. The number of hydrogen-bond acceptors (Lipinski definition) is 5. The highest BCUT2D eigenvalue weighted by Gasteiger charge is 2.38. The Labute approximate surface area is 207 Å². The van der Waals surface area contributed by atoms with Crippen molar-refractivity contribution in [2.24, 2.45) is 5.41 Å². The van der Waals surface area contributed by atoms with Crippen molar-refractivity contribution in [3.63, 3.8) is 0 Å². The monoisotopic (exact) mass is 477 g/mol. The first-order valence-electron chi connectivity index (χ1n) is 11.7. The van der Waals surface area contributed by atoms with Crippen molar-refractivity contribution >= 4 is 5.91 Å². The van der Waals surface area contributed by atoms with E-state index in [9.17, 15) is 9.90 Å². The summed E-state index contributed by atoms with van der Waals surface area (Å²) in [5, 5.41) is 13.6. The fourth-order valence-corrected chi connectivity index (χ4v) is 3.83. The molecule has 0 aliphatic rings. The molecule has 0 spiro atoms. The van der Waals surface area contributed by atoms with Crippen LogP contribution >= 0.6 is 0 Å². The van der Waals surface area contributed by atoms with Crippen molar-refractivity contribution in [1.82, 2.24) is 5.32 Å². The average molecular weight is 478 g/mol. The van der Waals surface area contributed by atoms with Crippen LogP contribution in [0.1, 0.15) is 37.5 Å². The smallest absolute Gasteiger partial charge is 0.225 e. The zero-order valence-corrected chi connectivity index (χ0v) is 21.1. The molecule has 0 aliphatic heterocycles. The highest BCUT2D eigenvalue weighted by molar-refractivity contribution is 5.81. The minimum Gasteiger partial charge on any atom is -0.497 e. The molecule has 6 heteroatoms. The van der Waals surface area contributed by atoms with E-state index in [0.717, 1.165) is 28.2 Å². The number of rotatable bonds is 10. The van der Waals surface area contributed by atoms with Gasteiger partial charge in [-0.05, 0) is 41.0 Å². The Morgan fingerprint density at radius 2 is 1.26 bits per heavy atom. The molecular formula is C29H35NO5. The summed E-state index contributed by atoms with van der Waals surface area (Å²) >= 11 is 0. The van der Waals surface area contributed by atoms with Crippen molar-refractivity contribution in [3.8, 4) is 11.5 Å². The Bertz CT molecular complexity index is 1030. The zero-order valence-electron chi connectivity index (χ0n) is 21.1. The Hall–Kier alpha value is -3.35. The minimum atomic E-state index is -1.02. The first-order valence-corrected chi connectivity index (χ1v) is 11.7. The minimum absolute atomic E-state index is 0.00260. The number of hydrogen-bond donors (Lipinski definition) is 2. The lowest BCUT2D eigenvalue weighted by Gasteiger charge is -2.37. The molecule has 0 fully saturated rings. The van der Waals surface area contributed by atoms with Gasteiger partial charge >= 0.3 is 0 Å². The van der Waals surface area contributed by atoms with E-state index in [0.29, 0.717) is 0 Å². The molecule has 3 aromatic carbocycles. The summed E-state index contributed by atoms with van der Waals surface area (Å²) in [6, 6.07) is 25.3. The number of nitrogens with one attached hydrogen (secondary N) is 1. The standard InChI is InChI=1S/C29H35NO5/c1-28(2,3)27(32)30-19-24(31)20-35-29(21-9-7-6-8-10-21,22-11-15-25(33-4)16-12-22)23-13-17-26(34-5)18-14-23/h6-18,24,31H,19-20H2,1-5H3,(H,30,32). The number of aliphatic hydroxyl groups is 1. The van der Waals surface area contributed by atoms with E-state index >= 15 is 0 Å². The third-order valence-corrected chi connectivity index (χ3v) is 5.85. The van der Waals surface area contributed by atoms with Crippen LogP contribution in [0.25, 0.3) is 0 Å². The van der Waals surface area contributed by atoms with E-state index in [2.05, 4.69) is 5.32 Å². The molecule has 186 valence electrons. The molecule has 6 nitrogen and oxygen atoms in total. The van der Waals surface area contributed by atoms with E-state index < -0.39 is 17.1 Å². The van der Waals surface area contributed by atoms with Gasteiger partial charge in [0.05, 0.1) is 26.9 Å². The van der Waals surface area contributed by atoms with E-state index in [1.54, 1.807) is 14.2 Å². The third-order valence-electron chi connectivity index (χ3n) is 5.85. The third kappa shape index (κ3) is 6.21. The highest BCUT2D eigenvalue weighted by atomic mass is 16.5. The quantitative estimate of drug-likeness (QED) is 0.420. The first kappa shape index (κ1) is 26.3. The van der Waals surface area contributed by atoms with Gasteiger partial charge in [0.1, 0.15) is 17.1 Å². The SMILES string of the molecule is COc1ccc(C(OCC(O)CNC(=O)C(C)(C)C)(c2ccccc2)c2ccc(OC)cc2)cc1. The van der Waals surface area contributed by atoms with Gasteiger partial charge < -0.3 is 24.6 Å². The summed E-state index contributed by atoms with van der Waals surface area (Å²) in [6.07, 6.45) is -0.902. The number of aliphatic hydroxyl groups excluding tert-OH is 1. The Morgan fingerprint density at radius 3 is 1.69 bits per heavy atom. The van der Waals surface area contributed by atoms with Gasteiger partial charge in [-0.25, -0.2) is 0 Å². The van der Waals surface area contributed by atoms with Crippen LogP contribution in [0, 0.1) is 5.41 Å². The van der Waals surface area contributed by atoms with Crippen LogP contribution in [0.5, 0.6) is 11.5 Å². The maximum atomic E-state index is 12.3. The molecular weight excluding hydrogens is 442 g/mol. The van der Waals surface area contributed by atoms with Crippen LogP contribution in [-0.4, -0.2) is 44.5 Å². The average Bonchev–Trinajstić information content (AvgIpc) is 2.88. The number of carbonyl (C=O) groups is 1. The Morgan fingerprint density at radius 1 is 0.800 bits per heavy atom. The van der Waals surface area contributed by atoms with Gasteiger partial charge in [0.15, 0.2) is 0 Å². The van der Waals surface area contributed by atoms with Gasteiger partial charge in [-0.3, -0.25) is 4.79 Å². The second kappa shape index (κ2) is 11.4. The van der Waals surface area contributed by atoms with E-state index in [-0.39, 0.29) is 19.1 Å². The van der Waals surface area contributed by atoms with Crippen LogP contribution in [-0.2, 0) is 15.1 Å². The highest BCUT2D eigenvalue weighted by Crippen LogP contribution is 2.41. The molecule has 1 atom stereocenters. The Balaban J connectivity index is 2.02. The Kier molecular flexibility index (Phi) is 8.54. The lowest BCUT2D eigenvalue weighted by atomic mass is 9.80. The molecule has 0 saturated carbocycles. The largest absolute Gasteiger partial charge is 0.497 e. The second-order valence-corrected chi connectivity index (χ2v) is 9.43. The summed E-state index contributed by atoms with van der Waals surface area (Å²) in [6.45, 7) is 5.58. The molecule has 0 aliphatic carbocycles. The fourth-order valence-electron chi connectivity index (χ4n) is 3.83. The van der Waals surface area contributed by atoms with Gasteiger partial charge in [-0.2, -0.15) is 0 Å². The van der Waals surface area contributed by atoms with Crippen LogP contribution in [0.15, 0.2) is 78.9 Å². The maximum Gasteiger partial charge on any atom is 0.225 e. The molecule has 0 aromatic heterocycles. The lowest BCUT2D eigenvalue weighted by molar-refractivity contribution is -0.129. The number of carbonyl (C=O) groups excluding carboxylic acids is 1. The lowest BCUT2D eigenvalue weighted by Crippen LogP contribution is -2.42. The molecule has 2 N–H and O–H groups in total. The normalized spacial score (nSPS) is 12.6. The van der Waals surface area contributed by atoms with Crippen molar-refractivity contribution in [1.29, 1.82) is 0 Å². The molecule has 0 saturated heterocycles. The molecule has 1 unspecified atom stereocenters. The molecule has 1 amide bonds. The first-order chi connectivity index (χ1) is 16.7. The van der Waals surface area contributed by atoms with Crippen LogP contribution < -0.4 is 14.8 Å². The number of benzene rings is 3. The van der Waals surface area contributed by atoms with Gasteiger partial charge in [0, 0.05) is 12.0 Å². The van der Waals surface area contributed by atoms with Gasteiger partial charge in [-0.15, -0.1) is 0 Å². The molecule has 0 radical (unpaired) electrons. The van der Waals surface area contributed by atoms with E-state index in [1.807, 2.05) is 99.6 Å². The maximum absolute atomic E-state index is 12.3. The molecule has 0 bridgehead atoms. The molecule has 0 heterocycles. The van der Waals surface area contributed by atoms with E-state index in [1.165, 1.54) is 0 Å². The van der Waals surface area contributed by atoms with E-state index in [4.69, 9.17) is 14.2 Å². The summed E-state index contributed by atoms with van der Waals surface area (Å²) in [4.78, 5) is 12.3. The number of methoxy groups -OCH3 is 2. The van der Waals surface area contributed by atoms with Gasteiger partial charge in [-0.1, -0.05) is 75.4 Å². The number of ether oxygens (including phenoxy) is 3. The van der Waals surface area contributed by atoms with Crippen molar-refractivity contribution < 1.29 is 24.1 Å². The summed E-state index contributed by atoms with van der Waals surface area (Å²) in [5.74, 6) is 1.34. The molecule has 3 aromatic rings. The summed E-state index contributed by atoms with van der Waals surface area (Å²) in [5.41, 5.74) is 1.09. The van der Waals surface area contributed by atoms with Crippen molar-refractivity contribution in [2.45, 2.75) is 32.5 Å². The predicted octanol–water partition coefficient (Wildman–Crippen LogP) is 4.54. The van der Waals surface area contributed by atoms with Crippen molar-refractivity contribution in [3.05, 3.63) is 95.6 Å². The van der Waals surface area contributed by atoms with Crippen LogP contribution in [0.3, 0.4) is 0 Å². The molecule has 35 heavy (non-hydrogen) atoms.